The molecule has 0 spiro atoms. The molecule has 152 valence electrons. The average molecular weight is 408 g/mol. The zero-order valence-corrected chi connectivity index (χ0v) is 17.1. The predicted molar refractivity (Wildman–Crippen MR) is 104 cm³/mol. The molecule has 0 bridgehead atoms. The number of thiazole rings is 1. The van der Waals surface area contributed by atoms with Crippen LogP contribution in [0.5, 0.6) is 0 Å². The molecule has 10 nitrogen and oxygen atoms in total. The van der Waals surface area contributed by atoms with E-state index in [1.165, 1.54) is 24.6 Å². The highest BCUT2D eigenvalue weighted by molar-refractivity contribution is 7.17. The van der Waals surface area contributed by atoms with Gasteiger partial charge in [0.05, 0.1) is 31.1 Å². The maximum atomic E-state index is 12.5. The van der Waals surface area contributed by atoms with Crippen molar-refractivity contribution in [2.45, 2.75) is 32.4 Å². The summed E-state index contributed by atoms with van der Waals surface area (Å²) in [6.45, 7) is 4.97. The number of methoxy groups -OCH3 is 1. The molecule has 1 unspecified atom stereocenters. The molecule has 2 aromatic rings. The van der Waals surface area contributed by atoms with E-state index in [0.717, 1.165) is 16.5 Å². The van der Waals surface area contributed by atoms with Gasteiger partial charge in [0.2, 0.25) is 0 Å². The van der Waals surface area contributed by atoms with Crippen LogP contribution < -0.4 is 15.7 Å². The average Bonchev–Trinajstić information content (AvgIpc) is 3.30. The Hall–Kier alpha value is -2.50. The molecular formula is C17H24N6O4S. The summed E-state index contributed by atoms with van der Waals surface area (Å²) in [4.78, 5) is 43.0. The predicted octanol–water partition coefficient (Wildman–Crippen LogP) is 0.798. The Labute approximate surface area is 166 Å². The van der Waals surface area contributed by atoms with Crippen LogP contribution in [0, 0.1) is 13.8 Å². The Morgan fingerprint density at radius 2 is 2.11 bits per heavy atom. The van der Waals surface area contributed by atoms with Crippen LogP contribution in [0.2, 0.25) is 0 Å². The van der Waals surface area contributed by atoms with Gasteiger partial charge in [-0.1, -0.05) is 11.3 Å². The van der Waals surface area contributed by atoms with E-state index in [4.69, 9.17) is 4.74 Å². The van der Waals surface area contributed by atoms with Crippen molar-refractivity contribution in [3.63, 3.8) is 0 Å². The molecule has 3 N–H and O–H groups in total. The molecule has 3 heterocycles. The number of nitrogens with zero attached hydrogens (tertiary/aromatic N) is 3. The van der Waals surface area contributed by atoms with Crippen LogP contribution >= 0.6 is 11.3 Å². The fraction of sp³-hybridized carbons (Fsp3) is 0.529. The lowest BCUT2D eigenvalue weighted by atomic mass is 10.0. The van der Waals surface area contributed by atoms with Crippen LogP contribution in [0.1, 0.15) is 38.1 Å². The monoisotopic (exact) mass is 408 g/mol. The van der Waals surface area contributed by atoms with E-state index in [1.807, 2.05) is 18.7 Å². The Bertz CT molecular complexity index is 831. The largest absolute Gasteiger partial charge is 0.377 e. The number of aryl methyl sites for hydroxylation is 2. The number of imidazole rings is 1. The SMILES string of the molecule is CONC(=O)c1cnc(N2CCC(NC(=O)c3nc(C)c(C)[nH]3)[C@@H](OC)C2)s1. The lowest BCUT2D eigenvalue weighted by molar-refractivity contribution is 0.0537. The summed E-state index contributed by atoms with van der Waals surface area (Å²) < 4.78 is 5.60. The number of rotatable bonds is 6. The highest BCUT2D eigenvalue weighted by Gasteiger charge is 2.32. The second-order valence-electron chi connectivity index (χ2n) is 6.53. The number of amides is 2. The Morgan fingerprint density at radius 3 is 2.75 bits per heavy atom. The number of hydroxylamine groups is 1. The van der Waals surface area contributed by atoms with Gasteiger partial charge in [-0.2, -0.15) is 0 Å². The van der Waals surface area contributed by atoms with E-state index in [-0.39, 0.29) is 24.0 Å². The first kappa shape index (κ1) is 20.2. The van der Waals surface area contributed by atoms with Gasteiger partial charge in [0.15, 0.2) is 11.0 Å². The van der Waals surface area contributed by atoms with E-state index >= 15 is 0 Å². The number of anilines is 1. The standard InChI is InChI=1S/C17H24N6O4S/c1-9-10(2)20-14(19-9)16(25)21-11-5-6-23(8-12(11)26-3)17-18-7-13(28-17)15(24)22-27-4/h7,11-12H,5-6,8H2,1-4H3,(H,19,20)(H,21,25)(H,22,24)/t11?,12-/m0/s1. The molecule has 0 saturated carbocycles. The number of ether oxygens (including phenoxy) is 1. The smallest absolute Gasteiger partial charge is 0.287 e. The second-order valence-corrected chi connectivity index (χ2v) is 7.54. The van der Waals surface area contributed by atoms with Crippen LogP contribution in [-0.4, -0.2) is 66.2 Å². The number of aromatic amines is 1. The van der Waals surface area contributed by atoms with Crippen molar-refractivity contribution in [2.24, 2.45) is 0 Å². The van der Waals surface area contributed by atoms with Gasteiger partial charge < -0.3 is 19.9 Å². The third-order valence-corrected chi connectivity index (χ3v) is 5.76. The van der Waals surface area contributed by atoms with Crippen molar-refractivity contribution >= 4 is 28.3 Å². The van der Waals surface area contributed by atoms with Crippen LogP contribution in [-0.2, 0) is 9.57 Å². The topological polar surface area (TPSA) is 121 Å². The molecule has 2 aromatic heterocycles. The van der Waals surface area contributed by atoms with Gasteiger partial charge in [-0.3, -0.25) is 14.4 Å². The number of nitrogens with one attached hydrogen (secondary N) is 3. The molecule has 1 saturated heterocycles. The van der Waals surface area contributed by atoms with Crippen molar-refractivity contribution in [3.05, 3.63) is 28.3 Å². The van der Waals surface area contributed by atoms with Crippen molar-refractivity contribution in [2.75, 3.05) is 32.2 Å². The minimum atomic E-state index is -0.333. The zero-order chi connectivity index (χ0) is 20.3. The van der Waals surface area contributed by atoms with E-state index in [9.17, 15) is 9.59 Å². The van der Waals surface area contributed by atoms with Crippen molar-refractivity contribution in [1.29, 1.82) is 0 Å². The summed E-state index contributed by atoms with van der Waals surface area (Å²) in [5.41, 5.74) is 3.96. The van der Waals surface area contributed by atoms with Gasteiger partial charge in [-0.05, 0) is 20.3 Å². The molecule has 1 aliphatic heterocycles. The molecule has 2 atom stereocenters. The number of carbonyl (C=O) groups excluding carboxylic acids is 2. The zero-order valence-electron chi connectivity index (χ0n) is 16.2. The van der Waals surface area contributed by atoms with E-state index in [2.05, 4.69) is 30.6 Å². The summed E-state index contributed by atoms with van der Waals surface area (Å²) in [6, 6.07) is -0.143. The maximum absolute atomic E-state index is 12.5. The lowest BCUT2D eigenvalue weighted by Crippen LogP contribution is -2.55. The van der Waals surface area contributed by atoms with Gasteiger partial charge in [-0.15, -0.1) is 0 Å². The van der Waals surface area contributed by atoms with E-state index in [1.54, 1.807) is 7.11 Å². The number of hydrogen-bond donors (Lipinski definition) is 3. The summed E-state index contributed by atoms with van der Waals surface area (Å²) in [7, 11) is 3.00. The van der Waals surface area contributed by atoms with Gasteiger partial charge >= 0.3 is 0 Å². The molecule has 0 aromatic carbocycles. The maximum Gasteiger partial charge on any atom is 0.287 e. The Balaban J connectivity index is 1.63. The molecule has 11 heteroatoms. The number of piperidine rings is 1. The third-order valence-electron chi connectivity index (χ3n) is 4.70. The van der Waals surface area contributed by atoms with Crippen molar-refractivity contribution in [1.82, 2.24) is 25.7 Å². The van der Waals surface area contributed by atoms with Crippen molar-refractivity contribution in [3.8, 4) is 0 Å². The van der Waals surface area contributed by atoms with Crippen molar-refractivity contribution < 1.29 is 19.2 Å². The summed E-state index contributed by atoms with van der Waals surface area (Å²) in [5, 5.41) is 3.73. The first-order chi connectivity index (χ1) is 13.4. The number of hydrogen-bond acceptors (Lipinski definition) is 8. The summed E-state index contributed by atoms with van der Waals surface area (Å²) in [5.74, 6) is -0.272. The highest BCUT2D eigenvalue weighted by atomic mass is 32.1. The summed E-state index contributed by atoms with van der Waals surface area (Å²) in [6.07, 6.45) is 1.99. The van der Waals surface area contributed by atoms with E-state index < -0.39 is 0 Å². The molecule has 3 rings (SSSR count). The highest BCUT2D eigenvalue weighted by Crippen LogP contribution is 2.26. The minimum absolute atomic E-state index is 0.143. The van der Waals surface area contributed by atoms with Crippen LogP contribution in [0.3, 0.4) is 0 Å². The van der Waals surface area contributed by atoms with E-state index in [0.29, 0.717) is 30.2 Å². The van der Waals surface area contributed by atoms with Crippen LogP contribution in [0.25, 0.3) is 0 Å². The Kier molecular flexibility index (Phi) is 6.27. The molecule has 2 amide bonds. The molecule has 0 aliphatic carbocycles. The molecule has 1 fully saturated rings. The lowest BCUT2D eigenvalue weighted by Gasteiger charge is -2.37. The first-order valence-electron chi connectivity index (χ1n) is 8.84. The fourth-order valence-electron chi connectivity index (χ4n) is 3.05. The minimum Gasteiger partial charge on any atom is -0.377 e. The van der Waals surface area contributed by atoms with Gasteiger partial charge in [-0.25, -0.2) is 15.4 Å². The third kappa shape index (κ3) is 4.32. The normalized spacial score (nSPS) is 19.5. The molecule has 1 aliphatic rings. The number of aromatic nitrogens is 3. The van der Waals surface area contributed by atoms with Gasteiger partial charge in [0, 0.05) is 25.9 Å². The quantitative estimate of drug-likeness (QED) is 0.604. The Morgan fingerprint density at radius 1 is 1.32 bits per heavy atom. The molecule has 28 heavy (non-hydrogen) atoms. The number of H-pyrrole nitrogens is 1. The molecular weight excluding hydrogens is 384 g/mol. The van der Waals surface area contributed by atoms with Gasteiger partial charge in [0.1, 0.15) is 4.88 Å². The second kappa shape index (κ2) is 8.67. The first-order valence-corrected chi connectivity index (χ1v) is 9.65. The van der Waals surface area contributed by atoms with Crippen LogP contribution in [0.4, 0.5) is 5.13 Å². The number of carbonyl (C=O) groups is 2. The fourth-order valence-corrected chi connectivity index (χ4v) is 3.88. The summed E-state index contributed by atoms with van der Waals surface area (Å²) >= 11 is 1.28. The molecule has 0 radical (unpaired) electrons. The van der Waals surface area contributed by atoms with Gasteiger partial charge in [0.25, 0.3) is 11.8 Å². The van der Waals surface area contributed by atoms with Crippen LogP contribution in [0.15, 0.2) is 6.20 Å².